The van der Waals surface area contributed by atoms with Gasteiger partial charge in [-0.05, 0) is 55.9 Å². The summed E-state index contributed by atoms with van der Waals surface area (Å²) in [5, 5.41) is 3.28. The average molecular weight is 486 g/mol. The highest BCUT2D eigenvalue weighted by Crippen LogP contribution is 2.43. The van der Waals surface area contributed by atoms with Crippen molar-refractivity contribution in [2.45, 2.75) is 49.1 Å². The Morgan fingerprint density at radius 1 is 1.12 bits per heavy atom. The fourth-order valence-electron chi connectivity index (χ4n) is 4.64. The molecule has 178 valence electrons. The number of nitrogens with zero attached hydrogens (tertiary/aromatic N) is 2. The summed E-state index contributed by atoms with van der Waals surface area (Å²) in [6, 6.07) is 5.89. The lowest BCUT2D eigenvalue weighted by molar-refractivity contribution is 0.0378. The van der Waals surface area contributed by atoms with Crippen molar-refractivity contribution < 1.29 is 22.7 Å². The molecule has 8 nitrogen and oxygen atoms in total. The number of piperidine rings is 1. The summed E-state index contributed by atoms with van der Waals surface area (Å²) in [6.07, 6.45) is 4.05. The summed E-state index contributed by atoms with van der Waals surface area (Å²) >= 11 is 5.96. The van der Waals surface area contributed by atoms with Gasteiger partial charge >= 0.3 is 6.09 Å². The lowest BCUT2D eigenvalue weighted by atomic mass is 9.96. The monoisotopic (exact) mass is 485 g/mol. The molecule has 1 aromatic carbocycles. The number of amides is 1. The van der Waals surface area contributed by atoms with Crippen LogP contribution in [0.3, 0.4) is 0 Å². The van der Waals surface area contributed by atoms with Crippen LogP contribution in [0.5, 0.6) is 0 Å². The van der Waals surface area contributed by atoms with E-state index in [4.69, 9.17) is 21.1 Å². The van der Waals surface area contributed by atoms with Crippen molar-refractivity contribution in [3.05, 3.63) is 29.3 Å². The minimum Gasteiger partial charge on any atom is -0.448 e. The fraction of sp³-hybridized carbons (Fsp3) is 0.682. The van der Waals surface area contributed by atoms with E-state index in [1.165, 1.54) is 0 Å². The number of carbonyl (C=O) groups excluding carboxylic acids is 1. The molecule has 1 aliphatic carbocycles. The van der Waals surface area contributed by atoms with E-state index in [9.17, 15) is 13.2 Å². The van der Waals surface area contributed by atoms with Gasteiger partial charge in [0, 0.05) is 37.2 Å². The Hall–Kier alpha value is -1.39. The van der Waals surface area contributed by atoms with Gasteiger partial charge in [0.2, 0.25) is 10.0 Å². The molecule has 1 aromatic rings. The van der Waals surface area contributed by atoms with Gasteiger partial charge < -0.3 is 14.8 Å². The Kier molecular flexibility index (Phi) is 7.94. The van der Waals surface area contributed by atoms with Crippen molar-refractivity contribution in [2.24, 2.45) is 5.92 Å². The Labute approximate surface area is 195 Å². The van der Waals surface area contributed by atoms with E-state index in [1.807, 2.05) is 0 Å². The Morgan fingerprint density at radius 3 is 2.53 bits per heavy atom. The number of ether oxygens (including phenoxy) is 2. The quantitative estimate of drug-likeness (QED) is 0.609. The number of hydrogen-bond donors (Lipinski definition) is 1. The van der Waals surface area contributed by atoms with E-state index >= 15 is 0 Å². The molecular formula is C22H32ClN3O5S. The van der Waals surface area contributed by atoms with Gasteiger partial charge in [-0.2, -0.15) is 4.31 Å². The topological polar surface area (TPSA) is 88.2 Å². The molecule has 2 aliphatic heterocycles. The molecule has 0 bridgehead atoms. The number of carbonyl (C=O) groups is 1. The van der Waals surface area contributed by atoms with Crippen LogP contribution in [-0.4, -0.2) is 81.8 Å². The second kappa shape index (κ2) is 10.7. The van der Waals surface area contributed by atoms with Crippen LogP contribution in [0.15, 0.2) is 29.2 Å². The number of morpholine rings is 1. The van der Waals surface area contributed by atoms with E-state index in [0.717, 1.165) is 45.3 Å². The van der Waals surface area contributed by atoms with Crippen LogP contribution in [0.4, 0.5) is 4.79 Å². The summed E-state index contributed by atoms with van der Waals surface area (Å²) in [5.74, 6) is 0.391. The number of rotatable bonds is 8. The van der Waals surface area contributed by atoms with Crippen LogP contribution in [-0.2, 0) is 19.5 Å². The van der Waals surface area contributed by atoms with Crippen LogP contribution < -0.4 is 5.32 Å². The van der Waals surface area contributed by atoms with Gasteiger partial charge in [-0.1, -0.05) is 18.0 Å². The van der Waals surface area contributed by atoms with Gasteiger partial charge in [0.15, 0.2) is 0 Å². The number of nitrogens with one attached hydrogen (secondary N) is 1. The van der Waals surface area contributed by atoms with Crippen molar-refractivity contribution in [3.63, 3.8) is 0 Å². The van der Waals surface area contributed by atoms with Crippen molar-refractivity contribution >= 4 is 27.7 Å². The Morgan fingerprint density at radius 2 is 1.84 bits per heavy atom. The molecule has 0 aromatic heterocycles. The van der Waals surface area contributed by atoms with Gasteiger partial charge in [-0.15, -0.1) is 0 Å². The molecule has 3 aliphatic rings. The minimum absolute atomic E-state index is 0.0394. The molecule has 2 atom stereocenters. The molecule has 0 radical (unpaired) electrons. The van der Waals surface area contributed by atoms with Crippen molar-refractivity contribution in [1.29, 1.82) is 0 Å². The molecule has 2 heterocycles. The second-order valence-electron chi connectivity index (χ2n) is 8.76. The van der Waals surface area contributed by atoms with Gasteiger partial charge in [0.05, 0.1) is 24.2 Å². The van der Waals surface area contributed by atoms with Gasteiger partial charge in [0.1, 0.15) is 6.61 Å². The van der Waals surface area contributed by atoms with Crippen molar-refractivity contribution in [2.75, 3.05) is 46.0 Å². The smallest absolute Gasteiger partial charge is 0.407 e. The van der Waals surface area contributed by atoms with Crippen LogP contribution in [0.2, 0.25) is 5.02 Å². The molecule has 1 amide bonds. The Balaban J connectivity index is 1.37. The average Bonchev–Trinajstić information content (AvgIpc) is 3.64. The number of hydrogen-bond acceptors (Lipinski definition) is 6. The largest absolute Gasteiger partial charge is 0.448 e. The van der Waals surface area contributed by atoms with Crippen LogP contribution in [0.25, 0.3) is 0 Å². The zero-order valence-electron chi connectivity index (χ0n) is 18.2. The Bertz CT molecular complexity index is 872. The third-order valence-electron chi connectivity index (χ3n) is 6.49. The highest BCUT2D eigenvalue weighted by Gasteiger charge is 2.46. The van der Waals surface area contributed by atoms with E-state index in [0.29, 0.717) is 37.1 Å². The summed E-state index contributed by atoms with van der Waals surface area (Å²) in [5.41, 5.74) is 0. The third kappa shape index (κ3) is 5.94. The first-order valence-corrected chi connectivity index (χ1v) is 13.3. The van der Waals surface area contributed by atoms with E-state index in [-0.39, 0.29) is 23.6 Å². The van der Waals surface area contributed by atoms with Gasteiger partial charge in [-0.3, -0.25) is 4.90 Å². The molecular weight excluding hydrogens is 454 g/mol. The molecule has 10 heteroatoms. The number of alkyl carbamates (subject to hydrolysis) is 1. The maximum Gasteiger partial charge on any atom is 0.407 e. The van der Waals surface area contributed by atoms with Crippen molar-refractivity contribution in [1.82, 2.24) is 14.5 Å². The number of benzene rings is 1. The summed E-state index contributed by atoms with van der Waals surface area (Å²) in [6.45, 7) is 4.43. The molecule has 32 heavy (non-hydrogen) atoms. The zero-order valence-corrected chi connectivity index (χ0v) is 19.8. The first-order valence-electron chi connectivity index (χ1n) is 11.4. The van der Waals surface area contributed by atoms with E-state index in [1.54, 1.807) is 28.6 Å². The number of halogens is 1. The highest BCUT2D eigenvalue weighted by molar-refractivity contribution is 7.89. The zero-order chi connectivity index (χ0) is 22.6. The van der Waals surface area contributed by atoms with Crippen LogP contribution in [0, 0.1) is 5.92 Å². The molecule has 2 saturated heterocycles. The summed E-state index contributed by atoms with van der Waals surface area (Å²) in [7, 11) is -3.72. The summed E-state index contributed by atoms with van der Waals surface area (Å²) < 4.78 is 39.5. The predicted octanol–water partition coefficient (Wildman–Crippen LogP) is 2.72. The first kappa shape index (κ1) is 23.8. The fourth-order valence-corrected chi connectivity index (χ4v) is 6.68. The summed E-state index contributed by atoms with van der Waals surface area (Å²) in [4.78, 5) is 14.7. The van der Waals surface area contributed by atoms with Gasteiger partial charge in [0.25, 0.3) is 0 Å². The molecule has 4 rings (SSSR count). The van der Waals surface area contributed by atoms with Crippen LogP contribution >= 0.6 is 11.6 Å². The van der Waals surface area contributed by atoms with E-state index < -0.39 is 16.1 Å². The molecule has 3 fully saturated rings. The molecule has 0 spiro atoms. The minimum atomic E-state index is -3.72. The lowest BCUT2D eigenvalue weighted by Gasteiger charge is -2.41. The highest BCUT2D eigenvalue weighted by atomic mass is 35.5. The SMILES string of the molecule is O=C(NCCN1CCOCC1)OC[C@H]1CCC[C@@H](C2CC2)N1S(=O)(=O)c1ccc(Cl)cc1. The normalized spacial score (nSPS) is 25.4. The third-order valence-corrected chi connectivity index (χ3v) is 8.73. The standard InChI is InChI=1S/C22H32ClN3O5S/c23-18-6-8-20(9-7-18)32(28,29)26-19(2-1-3-21(26)17-4-5-17)16-31-22(27)24-10-11-25-12-14-30-15-13-25/h6-9,17,19,21H,1-5,10-16H2,(H,24,27)/t19-,21+/m1/s1. The maximum atomic E-state index is 13.6. The van der Waals surface area contributed by atoms with Crippen LogP contribution in [0.1, 0.15) is 32.1 Å². The second-order valence-corrected chi connectivity index (χ2v) is 11.0. The first-order chi connectivity index (χ1) is 15.4. The molecule has 0 unspecified atom stereocenters. The maximum absolute atomic E-state index is 13.6. The molecule has 1 saturated carbocycles. The lowest BCUT2D eigenvalue weighted by Crippen LogP contribution is -2.53. The predicted molar refractivity (Wildman–Crippen MR) is 121 cm³/mol. The number of sulfonamides is 1. The molecule has 1 N–H and O–H groups in total. The van der Waals surface area contributed by atoms with E-state index in [2.05, 4.69) is 10.2 Å². The van der Waals surface area contributed by atoms with Crippen molar-refractivity contribution in [3.8, 4) is 0 Å². The van der Waals surface area contributed by atoms with Gasteiger partial charge in [-0.25, -0.2) is 13.2 Å².